The lowest BCUT2D eigenvalue weighted by molar-refractivity contribution is -0.140. The van der Waals surface area contributed by atoms with Crippen molar-refractivity contribution < 1.29 is 9.53 Å². The molecule has 2 rings (SSSR count). The van der Waals surface area contributed by atoms with Gasteiger partial charge in [-0.15, -0.1) is 0 Å². The van der Waals surface area contributed by atoms with Crippen molar-refractivity contribution in [2.45, 2.75) is 13.0 Å². The second kappa shape index (κ2) is 5.89. The van der Waals surface area contributed by atoms with Crippen LogP contribution in [0.1, 0.15) is 12.1 Å². The number of para-hydroxylation sites is 1. The molecule has 2 aromatic rings. The predicted octanol–water partition coefficient (Wildman–Crippen LogP) is 2.47. The van der Waals surface area contributed by atoms with Gasteiger partial charge < -0.3 is 15.0 Å². The van der Waals surface area contributed by atoms with E-state index in [4.69, 9.17) is 11.6 Å². The van der Waals surface area contributed by atoms with E-state index in [2.05, 4.69) is 15.0 Å². The average Bonchev–Trinajstić information content (AvgIpc) is 2.72. The van der Waals surface area contributed by atoms with E-state index in [9.17, 15) is 4.79 Å². The minimum absolute atomic E-state index is 0.217. The number of aromatic nitrogens is 1. The number of esters is 1. The number of halogens is 1. The fraction of sp³-hybridized carbons (Fsp3) is 0.308. The lowest BCUT2D eigenvalue weighted by atomic mass is 10.2. The zero-order chi connectivity index (χ0) is 13.0. The summed E-state index contributed by atoms with van der Waals surface area (Å²) in [7, 11) is 1.39. The third-order valence-corrected chi connectivity index (χ3v) is 3.18. The van der Waals surface area contributed by atoms with Crippen LogP contribution in [0.5, 0.6) is 0 Å². The number of nitrogens with one attached hydrogen (secondary N) is 2. The lowest BCUT2D eigenvalue weighted by Gasteiger charge is -2.02. The molecule has 0 saturated heterocycles. The Morgan fingerprint density at radius 3 is 2.94 bits per heavy atom. The predicted molar refractivity (Wildman–Crippen MR) is 71.6 cm³/mol. The van der Waals surface area contributed by atoms with Crippen LogP contribution < -0.4 is 5.32 Å². The molecule has 0 unspecified atom stereocenters. The molecule has 0 radical (unpaired) electrons. The molecule has 2 N–H and O–H groups in total. The van der Waals surface area contributed by atoms with Crippen molar-refractivity contribution in [1.82, 2.24) is 10.3 Å². The van der Waals surface area contributed by atoms with E-state index < -0.39 is 0 Å². The Morgan fingerprint density at radius 2 is 2.22 bits per heavy atom. The van der Waals surface area contributed by atoms with E-state index in [0.29, 0.717) is 19.5 Å². The third kappa shape index (κ3) is 2.83. The highest BCUT2D eigenvalue weighted by Gasteiger charge is 2.08. The van der Waals surface area contributed by atoms with Crippen molar-refractivity contribution >= 4 is 28.5 Å². The highest BCUT2D eigenvalue weighted by molar-refractivity contribution is 6.36. The standard InChI is InChI=1S/C13H15ClN2O2/c1-18-12(17)6-7-15-8-11-13(14)9-4-2-3-5-10(9)16-11/h2-5,15-16H,6-8H2,1H3. The maximum Gasteiger partial charge on any atom is 0.306 e. The highest BCUT2D eigenvalue weighted by Crippen LogP contribution is 2.26. The van der Waals surface area contributed by atoms with Gasteiger partial charge >= 0.3 is 5.97 Å². The Bertz CT molecular complexity index is 551. The maximum absolute atomic E-state index is 10.9. The van der Waals surface area contributed by atoms with Crippen molar-refractivity contribution in [2.75, 3.05) is 13.7 Å². The second-order valence-electron chi connectivity index (χ2n) is 3.97. The van der Waals surface area contributed by atoms with Crippen LogP contribution in [0.3, 0.4) is 0 Å². The first-order chi connectivity index (χ1) is 8.72. The molecule has 0 saturated carbocycles. The topological polar surface area (TPSA) is 54.1 Å². The number of H-pyrrole nitrogens is 1. The Kier molecular flexibility index (Phi) is 4.23. The molecule has 0 atom stereocenters. The van der Waals surface area contributed by atoms with Crippen molar-refractivity contribution in [3.05, 3.63) is 35.0 Å². The van der Waals surface area contributed by atoms with Gasteiger partial charge in [0.2, 0.25) is 0 Å². The first-order valence-electron chi connectivity index (χ1n) is 5.75. The number of benzene rings is 1. The number of fused-ring (bicyclic) bond motifs is 1. The number of hydrogen-bond acceptors (Lipinski definition) is 3. The fourth-order valence-corrected chi connectivity index (χ4v) is 2.07. The minimum atomic E-state index is -0.217. The Morgan fingerprint density at radius 1 is 1.44 bits per heavy atom. The van der Waals surface area contributed by atoms with Gasteiger partial charge in [0.15, 0.2) is 0 Å². The van der Waals surface area contributed by atoms with Gasteiger partial charge in [-0.05, 0) is 6.07 Å². The van der Waals surface area contributed by atoms with Crippen LogP contribution in [0.4, 0.5) is 0 Å². The second-order valence-corrected chi connectivity index (χ2v) is 4.34. The maximum atomic E-state index is 10.9. The minimum Gasteiger partial charge on any atom is -0.469 e. The van der Waals surface area contributed by atoms with Gasteiger partial charge in [0.1, 0.15) is 0 Å². The molecule has 0 aliphatic carbocycles. The number of carbonyl (C=O) groups is 1. The van der Waals surface area contributed by atoms with Crippen LogP contribution in [-0.2, 0) is 16.1 Å². The van der Waals surface area contributed by atoms with Gasteiger partial charge in [0, 0.05) is 29.7 Å². The SMILES string of the molecule is COC(=O)CCNCc1[nH]c2ccccc2c1Cl. The van der Waals surface area contributed by atoms with Crippen LogP contribution in [0.15, 0.2) is 24.3 Å². The van der Waals surface area contributed by atoms with Gasteiger partial charge in [-0.25, -0.2) is 0 Å². The smallest absolute Gasteiger partial charge is 0.306 e. The van der Waals surface area contributed by atoms with Crippen LogP contribution in [0.25, 0.3) is 10.9 Å². The summed E-state index contributed by atoms with van der Waals surface area (Å²) in [6, 6.07) is 7.88. The summed E-state index contributed by atoms with van der Waals surface area (Å²) in [6.45, 7) is 1.17. The van der Waals surface area contributed by atoms with Crippen molar-refractivity contribution in [1.29, 1.82) is 0 Å². The summed E-state index contributed by atoms with van der Waals surface area (Å²) in [5, 5.41) is 4.90. The molecule has 4 nitrogen and oxygen atoms in total. The zero-order valence-corrected chi connectivity index (χ0v) is 10.9. The molecule has 0 aliphatic heterocycles. The van der Waals surface area contributed by atoms with E-state index in [1.54, 1.807) is 0 Å². The van der Waals surface area contributed by atoms with Gasteiger partial charge in [-0.1, -0.05) is 29.8 Å². The summed E-state index contributed by atoms with van der Waals surface area (Å²) < 4.78 is 4.56. The number of ether oxygens (including phenoxy) is 1. The van der Waals surface area contributed by atoms with Gasteiger partial charge in [0.05, 0.1) is 18.6 Å². The fourth-order valence-electron chi connectivity index (χ4n) is 1.79. The number of hydrogen-bond donors (Lipinski definition) is 2. The van der Waals surface area contributed by atoms with Gasteiger partial charge in [-0.3, -0.25) is 4.79 Å². The summed E-state index contributed by atoms with van der Waals surface area (Å²) in [5.41, 5.74) is 1.95. The molecule has 1 heterocycles. The van der Waals surface area contributed by atoms with Crippen LogP contribution in [0.2, 0.25) is 5.02 Å². The molecular formula is C13H15ClN2O2. The quantitative estimate of drug-likeness (QED) is 0.646. The number of rotatable bonds is 5. The summed E-state index contributed by atoms with van der Waals surface area (Å²) in [5.74, 6) is -0.217. The molecule has 1 aromatic carbocycles. The summed E-state index contributed by atoms with van der Waals surface area (Å²) >= 11 is 6.26. The monoisotopic (exact) mass is 266 g/mol. The Balaban J connectivity index is 1.95. The number of aromatic amines is 1. The molecule has 1 aromatic heterocycles. The van der Waals surface area contributed by atoms with E-state index in [1.807, 2.05) is 24.3 Å². The van der Waals surface area contributed by atoms with E-state index in [1.165, 1.54) is 7.11 Å². The molecular weight excluding hydrogens is 252 g/mol. The number of methoxy groups -OCH3 is 1. The van der Waals surface area contributed by atoms with E-state index in [0.717, 1.165) is 21.6 Å². The Hall–Kier alpha value is -1.52. The van der Waals surface area contributed by atoms with Gasteiger partial charge in [0.25, 0.3) is 0 Å². The molecule has 0 fully saturated rings. The normalized spacial score (nSPS) is 10.8. The first-order valence-corrected chi connectivity index (χ1v) is 6.13. The molecule has 0 amide bonds. The summed E-state index contributed by atoms with van der Waals surface area (Å²) in [4.78, 5) is 14.2. The van der Waals surface area contributed by atoms with Crippen molar-refractivity contribution in [3.63, 3.8) is 0 Å². The number of carbonyl (C=O) groups excluding carboxylic acids is 1. The molecule has 5 heteroatoms. The van der Waals surface area contributed by atoms with Gasteiger partial charge in [-0.2, -0.15) is 0 Å². The molecule has 0 spiro atoms. The average molecular weight is 267 g/mol. The van der Waals surface area contributed by atoms with Crippen LogP contribution in [0, 0.1) is 0 Å². The van der Waals surface area contributed by atoms with E-state index >= 15 is 0 Å². The third-order valence-electron chi connectivity index (χ3n) is 2.75. The molecule has 18 heavy (non-hydrogen) atoms. The Labute approximate surface area is 110 Å². The van der Waals surface area contributed by atoms with Crippen LogP contribution >= 0.6 is 11.6 Å². The molecule has 96 valence electrons. The summed E-state index contributed by atoms with van der Waals surface area (Å²) in [6.07, 6.45) is 0.356. The molecule has 0 bridgehead atoms. The van der Waals surface area contributed by atoms with E-state index in [-0.39, 0.29) is 5.97 Å². The zero-order valence-electron chi connectivity index (χ0n) is 10.1. The lowest BCUT2D eigenvalue weighted by Crippen LogP contribution is -2.18. The largest absolute Gasteiger partial charge is 0.469 e. The van der Waals surface area contributed by atoms with Crippen molar-refractivity contribution in [2.24, 2.45) is 0 Å². The highest BCUT2D eigenvalue weighted by atomic mass is 35.5. The van der Waals surface area contributed by atoms with Crippen molar-refractivity contribution in [3.8, 4) is 0 Å². The first kappa shape index (κ1) is 12.9. The van der Waals surface area contributed by atoms with Crippen LogP contribution in [-0.4, -0.2) is 24.6 Å². The molecule has 0 aliphatic rings.